The molecule has 3 atom stereocenters. The molecule has 0 spiro atoms. The van der Waals surface area contributed by atoms with E-state index in [0.717, 1.165) is 19.3 Å². The second-order valence-electron chi connectivity index (χ2n) is 10.1. The fraction of sp³-hybridized carbons (Fsp3) is 0.643. The van der Waals surface area contributed by atoms with E-state index in [2.05, 4.69) is 27.9 Å². The standard InChI is InChI=1S/C28H41IN2O8/c1-37-12-10-31(25(34)8-7-18-5-3-4-6-18)22-15-20(28(36)30-9-11-32)16-23(26(22)35)39-27-21(29)13-19(17-33)14-24(27)38-2/h13-14,16,18,22-23,26,32-33,35H,3-12,15,17H2,1-2H3,(H,30,36)/t22-,23+,26+/m1/s1. The van der Waals surface area contributed by atoms with Crippen LogP contribution in [0.3, 0.4) is 0 Å². The molecule has 11 heteroatoms. The van der Waals surface area contributed by atoms with Gasteiger partial charge in [-0.15, -0.1) is 0 Å². The third-order valence-corrected chi connectivity index (χ3v) is 8.24. The number of nitrogens with zero attached hydrogens (tertiary/aromatic N) is 1. The van der Waals surface area contributed by atoms with E-state index in [4.69, 9.17) is 14.2 Å². The minimum absolute atomic E-state index is 0.0803. The minimum atomic E-state index is -1.13. The van der Waals surface area contributed by atoms with Crippen LogP contribution in [-0.2, 0) is 20.9 Å². The Bertz CT molecular complexity index is 998. The average molecular weight is 661 g/mol. The lowest BCUT2D eigenvalue weighted by molar-refractivity contribution is -0.139. The van der Waals surface area contributed by atoms with Crippen LogP contribution in [0.25, 0.3) is 0 Å². The summed E-state index contributed by atoms with van der Waals surface area (Å²) in [5.41, 5.74) is 1.000. The molecule has 0 saturated heterocycles. The van der Waals surface area contributed by atoms with Crippen molar-refractivity contribution >= 4 is 34.4 Å². The Balaban J connectivity index is 1.91. The van der Waals surface area contributed by atoms with Crippen molar-refractivity contribution in [3.05, 3.63) is 32.9 Å². The Hall–Kier alpha value is -1.93. The minimum Gasteiger partial charge on any atom is -0.493 e. The molecule has 4 N–H and O–H groups in total. The van der Waals surface area contributed by atoms with Crippen LogP contribution < -0.4 is 14.8 Å². The van der Waals surface area contributed by atoms with Crippen LogP contribution in [0.15, 0.2) is 23.8 Å². The maximum Gasteiger partial charge on any atom is 0.247 e. The SMILES string of the molecule is COCCN(C(=O)CCC1CCCC1)[C@@H]1CC(C(=O)NCCO)=C[C@H](Oc2c(I)cc(CO)cc2OC)[C@H]1O. The molecule has 0 aromatic heterocycles. The van der Waals surface area contributed by atoms with Gasteiger partial charge in [0.25, 0.3) is 0 Å². The third kappa shape index (κ3) is 8.53. The summed E-state index contributed by atoms with van der Waals surface area (Å²) >= 11 is 2.07. The molecule has 1 aromatic rings. The van der Waals surface area contributed by atoms with Gasteiger partial charge < -0.3 is 39.7 Å². The first-order valence-electron chi connectivity index (χ1n) is 13.5. The van der Waals surface area contributed by atoms with Crippen LogP contribution in [0.5, 0.6) is 11.5 Å². The van der Waals surface area contributed by atoms with E-state index in [1.807, 2.05) is 0 Å². The third-order valence-electron chi connectivity index (χ3n) is 7.44. The molecule has 2 aliphatic carbocycles. The molecule has 0 bridgehead atoms. The Morgan fingerprint density at radius 1 is 1.18 bits per heavy atom. The first-order chi connectivity index (χ1) is 18.8. The summed E-state index contributed by atoms with van der Waals surface area (Å²) < 4.78 is 17.7. The van der Waals surface area contributed by atoms with Gasteiger partial charge in [0, 0.05) is 38.6 Å². The number of nitrogens with one attached hydrogen (secondary N) is 1. The molecule has 0 radical (unpaired) electrons. The molecule has 1 fully saturated rings. The summed E-state index contributed by atoms with van der Waals surface area (Å²) in [7, 11) is 3.04. The van der Waals surface area contributed by atoms with Gasteiger partial charge in [-0.2, -0.15) is 0 Å². The van der Waals surface area contributed by atoms with Gasteiger partial charge in [0.05, 0.1) is 36.5 Å². The van der Waals surface area contributed by atoms with Gasteiger partial charge in [-0.3, -0.25) is 9.59 Å². The lowest BCUT2D eigenvalue weighted by Gasteiger charge is -2.40. The van der Waals surface area contributed by atoms with E-state index >= 15 is 0 Å². The van der Waals surface area contributed by atoms with Crippen LogP contribution in [-0.4, -0.2) is 90.8 Å². The van der Waals surface area contributed by atoms with E-state index in [-0.39, 0.29) is 45.2 Å². The fourth-order valence-electron chi connectivity index (χ4n) is 5.33. The van der Waals surface area contributed by atoms with Gasteiger partial charge in [-0.05, 0) is 58.7 Å². The highest BCUT2D eigenvalue weighted by molar-refractivity contribution is 14.1. The quantitative estimate of drug-likeness (QED) is 0.223. The van der Waals surface area contributed by atoms with Crippen molar-refractivity contribution in [1.82, 2.24) is 10.2 Å². The van der Waals surface area contributed by atoms with Gasteiger partial charge in [0.2, 0.25) is 11.8 Å². The molecule has 0 heterocycles. The number of amides is 2. The van der Waals surface area contributed by atoms with E-state index in [1.165, 1.54) is 20.0 Å². The van der Waals surface area contributed by atoms with E-state index in [0.29, 0.717) is 38.5 Å². The van der Waals surface area contributed by atoms with E-state index < -0.39 is 24.2 Å². The smallest absolute Gasteiger partial charge is 0.247 e. The van der Waals surface area contributed by atoms with Crippen molar-refractivity contribution in [3.8, 4) is 11.5 Å². The zero-order valence-electron chi connectivity index (χ0n) is 22.7. The molecule has 1 aromatic carbocycles. The van der Waals surface area contributed by atoms with Crippen LogP contribution in [0.4, 0.5) is 0 Å². The van der Waals surface area contributed by atoms with Gasteiger partial charge in [0.15, 0.2) is 11.5 Å². The normalized spacial score (nSPS) is 21.4. The van der Waals surface area contributed by atoms with Gasteiger partial charge in [-0.25, -0.2) is 0 Å². The summed E-state index contributed by atoms with van der Waals surface area (Å²) in [6.07, 6.45) is 5.46. The summed E-state index contributed by atoms with van der Waals surface area (Å²) in [5.74, 6) is 0.808. The largest absolute Gasteiger partial charge is 0.493 e. The summed E-state index contributed by atoms with van der Waals surface area (Å²) in [6.45, 7) is 0.252. The molecule has 3 rings (SSSR count). The van der Waals surface area contributed by atoms with Crippen molar-refractivity contribution < 1.29 is 39.1 Å². The number of hydrogen-bond donors (Lipinski definition) is 4. The van der Waals surface area contributed by atoms with Crippen molar-refractivity contribution in [1.29, 1.82) is 0 Å². The lowest BCUT2D eigenvalue weighted by atomic mass is 9.87. The molecule has 2 aliphatic rings. The monoisotopic (exact) mass is 660 g/mol. The van der Waals surface area contributed by atoms with E-state index in [1.54, 1.807) is 30.2 Å². The number of methoxy groups -OCH3 is 2. The molecule has 10 nitrogen and oxygen atoms in total. The van der Waals surface area contributed by atoms with Crippen LogP contribution >= 0.6 is 22.6 Å². The number of ether oxygens (including phenoxy) is 3. The zero-order chi connectivity index (χ0) is 28.4. The highest BCUT2D eigenvalue weighted by atomic mass is 127. The zero-order valence-corrected chi connectivity index (χ0v) is 24.9. The Morgan fingerprint density at radius 3 is 2.56 bits per heavy atom. The predicted molar refractivity (Wildman–Crippen MR) is 153 cm³/mol. The molecular formula is C28H41IN2O8. The highest BCUT2D eigenvalue weighted by Crippen LogP contribution is 2.37. The molecular weight excluding hydrogens is 619 g/mol. The number of rotatable bonds is 14. The van der Waals surface area contributed by atoms with Crippen LogP contribution in [0, 0.1) is 9.49 Å². The Labute approximate surface area is 243 Å². The summed E-state index contributed by atoms with van der Waals surface area (Å²) in [5, 5.41) is 33.0. The van der Waals surface area contributed by atoms with Crippen molar-refractivity contribution in [2.24, 2.45) is 5.92 Å². The first kappa shape index (κ1) is 31.6. The second kappa shape index (κ2) is 15.8. The molecule has 1 saturated carbocycles. The topological polar surface area (TPSA) is 138 Å². The van der Waals surface area contributed by atoms with E-state index in [9.17, 15) is 24.9 Å². The van der Waals surface area contributed by atoms with Crippen molar-refractivity contribution in [2.45, 2.75) is 69.8 Å². The number of benzene rings is 1. The van der Waals surface area contributed by atoms with Gasteiger partial charge >= 0.3 is 0 Å². The molecule has 0 aliphatic heterocycles. The number of halogens is 1. The van der Waals surface area contributed by atoms with Crippen LogP contribution in [0.1, 0.15) is 50.5 Å². The maximum absolute atomic E-state index is 13.5. The summed E-state index contributed by atoms with van der Waals surface area (Å²) in [4.78, 5) is 28.1. The van der Waals surface area contributed by atoms with Crippen molar-refractivity contribution in [3.63, 3.8) is 0 Å². The lowest BCUT2D eigenvalue weighted by Crippen LogP contribution is -2.55. The number of aliphatic hydroxyl groups excluding tert-OH is 3. The van der Waals surface area contributed by atoms with Crippen LogP contribution in [0.2, 0.25) is 0 Å². The molecule has 218 valence electrons. The number of hydrogen-bond acceptors (Lipinski definition) is 8. The van der Waals surface area contributed by atoms with Gasteiger partial charge in [-0.1, -0.05) is 25.7 Å². The molecule has 2 amide bonds. The average Bonchev–Trinajstić information content (AvgIpc) is 3.46. The maximum atomic E-state index is 13.5. The number of carbonyl (C=O) groups excluding carboxylic acids is 2. The van der Waals surface area contributed by atoms with Crippen molar-refractivity contribution in [2.75, 3.05) is 40.5 Å². The molecule has 0 unspecified atom stereocenters. The number of carbonyl (C=O) groups is 2. The molecule has 39 heavy (non-hydrogen) atoms. The Kier molecular flexibility index (Phi) is 12.8. The summed E-state index contributed by atoms with van der Waals surface area (Å²) in [6, 6.07) is 2.68. The number of aliphatic hydroxyl groups is 3. The second-order valence-corrected chi connectivity index (χ2v) is 11.2. The fourth-order valence-corrected chi connectivity index (χ4v) is 6.12. The Morgan fingerprint density at radius 2 is 1.92 bits per heavy atom. The first-order valence-corrected chi connectivity index (χ1v) is 14.6. The predicted octanol–water partition coefficient (Wildman–Crippen LogP) is 2.15. The highest BCUT2D eigenvalue weighted by Gasteiger charge is 2.41. The van der Waals surface area contributed by atoms with Gasteiger partial charge in [0.1, 0.15) is 12.2 Å².